The van der Waals surface area contributed by atoms with Gasteiger partial charge in [0.1, 0.15) is 5.01 Å². The lowest BCUT2D eigenvalue weighted by molar-refractivity contribution is 0.0951. The van der Waals surface area contributed by atoms with Crippen LogP contribution in [-0.2, 0) is 16.6 Å². The van der Waals surface area contributed by atoms with Crippen LogP contribution in [0.25, 0.3) is 10.2 Å². The van der Waals surface area contributed by atoms with Gasteiger partial charge in [0.05, 0.1) is 21.7 Å². The molecule has 0 bridgehead atoms. The summed E-state index contributed by atoms with van der Waals surface area (Å²) in [6, 6.07) is 19.5. The molecule has 0 unspecified atom stereocenters. The number of fused-ring (bicyclic) bond motifs is 1. The molecule has 0 atom stereocenters. The van der Waals surface area contributed by atoms with Crippen LogP contribution in [0, 0.1) is 13.8 Å². The van der Waals surface area contributed by atoms with Gasteiger partial charge in [-0.2, -0.15) is 0 Å². The number of carbonyl (C=O) groups excluding carboxylic acids is 1. The summed E-state index contributed by atoms with van der Waals surface area (Å²) < 4.78 is 29.1. The number of rotatable bonds is 6. The van der Waals surface area contributed by atoms with Gasteiger partial charge in [-0.15, -0.1) is 11.3 Å². The number of hydrogen-bond donors (Lipinski definition) is 2. The molecule has 3 aromatic carbocycles. The van der Waals surface area contributed by atoms with Crippen LogP contribution in [0.5, 0.6) is 0 Å². The normalized spacial score (nSPS) is 11.4. The molecule has 31 heavy (non-hydrogen) atoms. The molecule has 0 aliphatic carbocycles. The number of nitrogens with zero attached hydrogens (tertiary/aromatic N) is 1. The van der Waals surface area contributed by atoms with E-state index in [1.54, 1.807) is 54.7 Å². The van der Waals surface area contributed by atoms with Gasteiger partial charge in [-0.1, -0.05) is 24.3 Å². The second kappa shape index (κ2) is 8.49. The van der Waals surface area contributed by atoms with Crippen molar-refractivity contribution in [2.45, 2.75) is 25.3 Å². The van der Waals surface area contributed by atoms with E-state index in [0.29, 0.717) is 23.4 Å². The zero-order valence-corrected chi connectivity index (χ0v) is 18.7. The summed E-state index contributed by atoms with van der Waals surface area (Å²) in [4.78, 5) is 17.2. The van der Waals surface area contributed by atoms with E-state index in [0.717, 1.165) is 20.8 Å². The first kappa shape index (κ1) is 21.0. The first-order valence-electron chi connectivity index (χ1n) is 9.65. The van der Waals surface area contributed by atoms with Crippen molar-refractivity contribution >= 4 is 43.2 Å². The van der Waals surface area contributed by atoms with Crippen molar-refractivity contribution in [1.82, 2.24) is 10.3 Å². The molecule has 0 radical (unpaired) electrons. The Morgan fingerprint density at radius 2 is 1.74 bits per heavy atom. The minimum absolute atomic E-state index is 0.241. The van der Waals surface area contributed by atoms with Crippen LogP contribution in [0.15, 0.2) is 71.6 Å². The molecule has 1 amide bonds. The molecular formula is C23H21N3O3S2. The predicted octanol–water partition coefficient (Wildman–Crippen LogP) is 4.64. The minimum atomic E-state index is -3.72. The largest absolute Gasteiger partial charge is 0.346 e. The maximum absolute atomic E-state index is 12.7. The Morgan fingerprint density at radius 1 is 1.00 bits per heavy atom. The van der Waals surface area contributed by atoms with Crippen molar-refractivity contribution in [2.24, 2.45) is 0 Å². The number of aromatic nitrogens is 1. The van der Waals surface area contributed by atoms with Crippen LogP contribution in [0.4, 0.5) is 5.69 Å². The molecule has 0 fully saturated rings. The number of amides is 1. The van der Waals surface area contributed by atoms with Gasteiger partial charge < -0.3 is 5.32 Å². The predicted molar refractivity (Wildman–Crippen MR) is 124 cm³/mol. The molecule has 2 N–H and O–H groups in total. The van der Waals surface area contributed by atoms with Gasteiger partial charge in [-0.05, 0) is 67.4 Å². The molecule has 6 nitrogen and oxygen atoms in total. The molecule has 1 heterocycles. The Labute approximate surface area is 185 Å². The third kappa shape index (κ3) is 4.76. The molecule has 0 saturated carbocycles. The SMILES string of the molecule is Cc1ccc(C)c(S(=O)(=O)Nc2ccc(C(=O)NCc3nc4ccccc4s3)cc2)c1. The summed E-state index contributed by atoms with van der Waals surface area (Å²) in [6.45, 7) is 3.94. The fourth-order valence-corrected chi connectivity index (χ4v) is 5.45. The second-order valence-electron chi connectivity index (χ2n) is 7.21. The zero-order valence-electron chi connectivity index (χ0n) is 17.0. The Kier molecular flexibility index (Phi) is 5.75. The average molecular weight is 452 g/mol. The monoisotopic (exact) mass is 451 g/mol. The van der Waals surface area contributed by atoms with Gasteiger partial charge >= 0.3 is 0 Å². The summed E-state index contributed by atoms with van der Waals surface area (Å²) in [5.41, 5.74) is 3.28. The summed E-state index contributed by atoms with van der Waals surface area (Å²) in [6.07, 6.45) is 0. The first-order valence-corrected chi connectivity index (χ1v) is 11.9. The zero-order chi connectivity index (χ0) is 22.0. The lowest BCUT2D eigenvalue weighted by atomic mass is 10.2. The third-order valence-electron chi connectivity index (χ3n) is 4.77. The van der Waals surface area contributed by atoms with Gasteiger partial charge in [-0.25, -0.2) is 13.4 Å². The number of para-hydroxylation sites is 1. The van der Waals surface area contributed by atoms with E-state index < -0.39 is 10.0 Å². The van der Waals surface area contributed by atoms with E-state index in [9.17, 15) is 13.2 Å². The Hall–Kier alpha value is -3.23. The van der Waals surface area contributed by atoms with Crippen LogP contribution in [-0.4, -0.2) is 19.3 Å². The number of anilines is 1. The quantitative estimate of drug-likeness (QED) is 0.447. The fraction of sp³-hybridized carbons (Fsp3) is 0.130. The van der Waals surface area contributed by atoms with Gasteiger partial charge in [-0.3, -0.25) is 9.52 Å². The van der Waals surface area contributed by atoms with E-state index in [4.69, 9.17) is 0 Å². The first-order chi connectivity index (χ1) is 14.8. The number of sulfonamides is 1. The molecular weight excluding hydrogens is 430 g/mol. The van der Waals surface area contributed by atoms with Gasteiger partial charge in [0, 0.05) is 11.3 Å². The molecule has 0 spiro atoms. The van der Waals surface area contributed by atoms with Crippen molar-refractivity contribution in [3.05, 3.63) is 88.4 Å². The van der Waals surface area contributed by atoms with Crippen LogP contribution in [0.2, 0.25) is 0 Å². The highest BCUT2D eigenvalue weighted by Crippen LogP contribution is 2.22. The van der Waals surface area contributed by atoms with Gasteiger partial charge in [0.2, 0.25) is 0 Å². The van der Waals surface area contributed by atoms with E-state index in [-0.39, 0.29) is 10.8 Å². The molecule has 8 heteroatoms. The number of benzene rings is 3. The van der Waals surface area contributed by atoms with E-state index in [2.05, 4.69) is 15.0 Å². The summed E-state index contributed by atoms with van der Waals surface area (Å²) in [5.74, 6) is -0.247. The van der Waals surface area contributed by atoms with Gasteiger partial charge in [0.25, 0.3) is 15.9 Å². The van der Waals surface area contributed by atoms with Crippen molar-refractivity contribution in [3.8, 4) is 0 Å². The molecule has 158 valence electrons. The maximum Gasteiger partial charge on any atom is 0.262 e. The smallest absolute Gasteiger partial charge is 0.262 e. The highest BCUT2D eigenvalue weighted by atomic mass is 32.2. The molecule has 0 aliphatic rings. The van der Waals surface area contributed by atoms with E-state index in [1.807, 2.05) is 37.3 Å². The van der Waals surface area contributed by atoms with Crippen LogP contribution in [0.3, 0.4) is 0 Å². The Balaban J connectivity index is 1.42. The van der Waals surface area contributed by atoms with Crippen molar-refractivity contribution < 1.29 is 13.2 Å². The standard InChI is InChI=1S/C23H21N3O3S2/c1-15-7-8-16(2)21(13-15)31(28,29)26-18-11-9-17(10-12-18)23(27)24-14-22-25-19-5-3-4-6-20(19)30-22/h3-13,26H,14H2,1-2H3,(H,24,27). The number of carbonyl (C=O) groups is 1. The third-order valence-corrected chi connectivity index (χ3v) is 7.33. The lowest BCUT2D eigenvalue weighted by Gasteiger charge is -2.11. The topological polar surface area (TPSA) is 88.2 Å². The molecule has 0 aliphatic heterocycles. The highest BCUT2D eigenvalue weighted by Gasteiger charge is 2.17. The average Bonchev–Trinajstić information content (AvgIpc) is 3.17. The molecule has 0 saturated heterocycles. The number of thiazole rings is 1. The maximum atomic E-state index is 12.7. The van der Waals surface area contributed by atoms with E-state index >= 15 is 0 Å². The van der Waals surface area contributed by atoms with Crippen molar-refractivity contribution in [1.29, 1.82) is 0 Å². The number of aryl methyl sites for hydroxylation is 2. The molecule has 4 rings (SSSR count). The fourth-order valence-electron chi connectivity index (χ4n) is 3.15. The summed E-state index contributed by atoms with van der Waals surface area (Å²) in [7, 11) is -3.72. The van der Waals surface area contributed by atoms with Crippen molar-refractivity contribution in [2.75, 3.05) is 4.72 Å². The lowest BCUT2D eigenvalue weighted by Crippen LogP contribution is -2.22. The molecule has 1 aromatic heterocycles. The number of hydrogen-bond acceptors (Lipinski definition) is 5. The van der Waals surface area contributed by atoms with Crippen molar-refractivity contribution in [3.63, 3.8) is 0 Å². The summed E-state index contributed by atoms with van der Waals surface area (Å²) in [5, 5.41) is 3.68. The highest BCUT2D eigenvalue weighted by molar-refractivity contribution is 7.92. The Bertz CT molecular complexity index is 1330. The summed E-state index contributed by atoms with van der Waals surface area (Å²) >= 11 is 1.54. The van der Waals surface area contributed by atoms with E-state index in [1.165, 1.54) is 0 Å². The minimum Gasteiger partial charge on any atom is -0.346 e. The number of nitrogens with one attached hydrogen (secondary N) is 2. The van der Waals surface area contributed by atoms with Crippen LogP contribution in [0.1, 0.15) is 26.5 Å². The molecule has 4 aromatic rings. The van der Waals surface area contributed by atoms with Crippen LogP contribution >= 0.6 is 11.3 Å². The Morgan fingerprint density at radius 3 is 2.48 bits per heavy atom. The van der Waals surface area contributed by atoms with Crippen LogP contribution < -0.4 is 10.0 Å². The van der Waals surface area contributed by atoms with Gasteiger partial charge in [0.15, 0.2) is 0 Å². The second-order valence-corrected chi connectivity index (χ2v) is 9.98.